The summed E-state index contributed by atoms with van der Waals surface area (Å²) in [6.07, 6.45) is 3.80. The summed E-state index contributed by atoms with van der Waals surface area (Å²) < 4.78 is 29.1. The van der Waals surface area contributed by atoms with Crippen LogP contribution in [0.15, 0.2) is 41.4 Å². The number of benzene rings is 1. The monoisotopic (exact) mass is 346 g/mol. The minimum atomic E-state index is -3.58. The van der Waals surface area contributed by atoms with Crippen molar-refractivity contribution in [3.05, 3.63) is 42.1 Å². The number of rotatable bonds is 5. The van der Waals surface area contributed by atoms with E-state index in [2.05, 4.69) is 9.82 Å². The van der Waals surface area contributed by atoms with Crippen molar-refractivity contribution in [3.63, 3.8) is 0 Å². The van der Waals surface area contributed by atoms with Crippen LogP contribution in [0.25, 0.3) is 0 Å². The van der Waals surface area contributed by atoms with Crippen molar-refractivity contribution in [3.8, 4) is 0 Å². The van der Waals surface area contributed by atoms with Crippen molar-refractivity contribution in [2.45, 2.75) is 24.3 Å². The zero-order valence-corrected chi connectivity index (χ0v) is 13.9. The number of nitrogens with zero attached hydrogens (tertiary/aromatic N) is 3. The minimum absolute atomic E-state index is 0.127. The number of carbonyl (C=O) groups excluding carboxylic acids is 1. The van der Waals surface area contributed by atoms with E-state index in [1.165, 1.54) is 12.1 Å². The maximum Gasteiger partial charge on any atom is 0.259 e. The summed E-state index contributed by atoms with van der Waals surface area (Å²) in [5.41, 5.74) is 0.360. The molecule has 1 aromatic carbocycles. The van der Waals surface area contributed by atoms with E-state index >= 15 is 0 Å². The number of carbonyl (C=O) groups is 1. The lowest BCUT2D eigenvalue weighted by molar-refractivity contribution is 0.0989. The molecule has 0 atom stereocenters. The first-order valence-corrected chi connectivity index (χ1v) is 9.46. The first kappa shape index (κ1) is 15.3. The summed E-state index contributed by atoms with van der Waals surface area (Å²) in [6, 6.07) is 7.98. The second kappa shape index (κ2) is 5.71. The predicted molar refractivity (Wildman–Crippen MR) is 88.3 cm³/mol. The van der Waals surface area contributed by atoms with Gasteiger partial charge in [-0.25, -0.2) is 17.8 Å². The number of aromatic nitrogens is 2. The van der Waals surface area contributed by atoms with Crippen molar-refractivity contribution in [1.82, 2.24) is 14.5 Å². The number of hydrogen-bond donors (Lipinski definition) is 1. The molecule has 2 aliphatic rings. The second-order valence-electron chi connectivity index (χ2n) is 6.19. The molecule has 7 nitrogen and oxygen atoms in total. The van der Waals surface area contributed by atoms with Gasteiger partial charge in [0.15, 0.2) is 0 Å². The smallest absolute Gasteiger partial charge is 0.259 e. The average molecular weight is 346 g/mol. The van der Waals surface area contributed by atoms with Crippen LogP contribution in [-0.4, -0.2) is 37.2 Å². The Balaban J connectivity index is 1.57. The van der Waals surface area contributed by atoms with Crippen molar-refractivity contribution in [2.75, 3.05) is 18.0 Å². The Morgan fingerprint density at radius 3 is 2.88 bits per heavy atom. The molecule has 1 amide bonds. The van der Waals surface area contributed by atoms with Gasteiger partial charge in [0.1, 0.15) is 5.82 Å². The van der Waals surface area contributed by atoms with Gasteiger partial charge in [0.25, 0.3) is 5.91 Å². The van der Waals surface area contributed by atoms with Crippen molar-refractivity contribution in [1.29, 1.82) is 0 Å². The van der Waals surface area contributed by atoms with Crippen LogP contribution in [-0.2, 0) is 16.6 Å². The zero-order chi connectivity index (χ0) is 16.7. The highest BCUT2D eigenvalue weighted by molar-refractivity contribution is 7.89. The molecular formula is C16H18N4O3S. The molecule has 8 heteroatoms. The molecule has 2 aromatic rings. The van der Waals surface area contributed by atoms with Gasteiger partial charge >= 0.3 is 0 Å². The van der Waals surface area contributed by atoms with Crippen LogP contribution in [0, 0.1) is 5.92 Å². The van der Waals surface area contributed by atoms with Gasteiger partial charge in [-0.05, 0) is 37.0 Å². The number of anilines is 1. The lowest BCUT2D eigenvalue weighted by atomic mass is 10.2. The summed E-state index contributed by atoms with van der Waals surface area (Å²) in [4.78, 5) is 14.5. The van der Waals surface area contributed by atoms with E-state index < -0.39 is 10.0 Å². The average Bonchev–Trinajstić information content (AvgIpc) is 3.15. The molecule has 1 N–H and O–H groups in total. The highest BCUT2D eigenvalue weighted by Crippen LogP contribution is 2.28. The standard InChI is InChI=1S/C16H18N4O3S/c21-16(19-8-9-20-15(19)6-7-17-20)13-2-1-3-14(10-13)24(22,23)18-11-12-4-5-12/h1-3,6-7,10,12,18H,4-5,8-9,11H2. The van der Waals surface area contributed by atoms with Crippen LogP contribution in [0.1, 0.15) is 23.2 Å². The fourth-order valence-corrected chi connectivity index (χ4v) is 3.99. The summed E-state index contributed by atoms with van der Waals surface area (Å²) in [5, 5.41) is 4.14. The minimum Gasteiger partial charge on any atom is -0.291 e. The highest BCUT2D eigenvalue weighted by atomic mass is 32.2. The van der Waals surface area contributed by atoms with Gasteiger partial charge in [0.2, 0.25) is 10.0 Å². The molecule has 1 aliphatic heterocycles. The highest BCUT2D eigenvalue weighted by Gasteiger charge is 2.28. The second-order valence-corrected chi connectivity index (χ2v) is 7.96. The number of fused-ring (bicyclic) bond motifs is 1. The molecule has 1 aliphatic carbocycles. The Bertz CT molecular complexity index is 886. The van der Waals surface area contributed by atoms with Gasteiger partial charge in [-0.1, -0.05) is 6.07 Å². The normalized spacial score (nSPS) is 17.1. The molecule has 24 heavy (non-hydrogen) atoms. The maximum atomic E-state index is 12.7. The van der Waals surface area contributed by atoms with E-state index in [9.17, 15) is 13.2 Å². The molecule has 4 rings (SSSR count). The van der Waals surface area contributed by atoms with Crippen molar-refractivity contribution < 1.29 is 13.2 Å². The van der Waals surface area contributed by atoms with E-state index in [4.69, 9.17) is 0 Å². The molecule has 0 spiro atoms. The lowest BCUT2D eigenvalue weighted by Gasteiger charge is -2.15. The van der Waals surface area contributed by atoms with E-state index in [-0.39, 0.29) is 10.8 Å². The first-order chi connectivity index (χ1) is 11.5. The number of amides is 1. The zero-order valence-electron chi connectivity index (χ0n) is 13.1. The maximum absolute atomic E-state index is 12.7. The summed E-state index contributed by atoms with van der Waals surface area (Å²) in [5.74, 6) is 0.975. The SMILES string of the molecule is O=C(c1cccc(S(=O)(=O)NCC2CC2)c1)N1CCn2nccc21. The van der Waals surface area contributed by atoms with Crippen LogP contribution in [0.4, 0.5) is 5.82 Å². The number of hydrogen-bond acceptors (Lipinski definition) is 4. The van der Waals surface area contributed by atoms with E-state index in [1.807, 2.05) is 0 Å². The van der Waals surface area contributed by atoms with Gasteiger partial charge < -0.3 is 0 Å². The molecule has 1 saturated carbocycles. The quantitative estimate of drug-likeness (QED) is 0.882. The van der Waals surface area contributed by atoms with Crippen LogP contribution in [0.3, 0.4) is 0 Å². The molecule has 0 unspecified atom stereocenters. The number of sulfonamides is 1. The molecule has 1 aromatic heterocycles. The number of nitrogens with one attached hydrogen (secondary N) is 1. The molecule has 126 valence electrons. The van der Waals surface area contributed by atoms with Crippen molar-refractivity contribution in [2.24, 2.45) is 5.92 Å². The molecule has 1 fully saturated rings. The fourth-order valence-electron chi connectivity index (χ4n) is 2.83. The van der Waals surface area contributed by atoms with Gasteiger partial charge in [0.05, 0.1) is 17.6 Å². The first-order valence-electron chi connectivity index (χ1n) is 7.98. The third-order valence-corrected chi connectivity index (χ3v) is 5.82. The molecule has 2 heterocycles. The Hall–Kier alpha value is -2.19. The summed E-state index contributed by atoms with van der Waals surface area (Å²) >= 11 is 0. The Labute approximate surface area is 140 Å². The van der Waals surface area contributed by atoms with E-state index in [1.54, 1.807) is 34.0 Å². The Kier molecular flexibility index (Phi) is 3.65. The topological polar surface area (TPSA) is 84.3 Å². The third kappa shape index (κ3) is 2.83. The fraction of sp³-hybridized carbons (Fsp3) is 0.375. The van der Waals surface area contributed by atoms with Crippen LogP contribution < -0.4 is 9.62 Å². The van der Waals surface area contributed by atoms with E-state index in [0.29, 0.717) is 31.1 Å². The van der Waals surface area contributed by atoms with Crippen LogP contribution >= 0.6 is 0 Å². The molecule has 0 bridgehead atoms. The third-order valence-electron chi connectivity index (χ3n) is 4.40. The van der Waals surface area contributed by atoms with E-state index in [0.717, 1.165) is 18.7 Å². The Morgan fingerprint density at radius 2 is 2.08 bits per heavy atom. The van der Waals surface area contributed by atoms with Gasteiger partial charge in [-0.2, -0.15) is 5.10 Å². The predicted octanol–water partition coefficient (Wildman–Crippen LogP) is 1.23. The lowest BCUT2D eigenvalue weighted by Crippen LogP contribution is -2.29. The molecule has 0 saturated heterocycles. The summed E-state index contributed by atoms with van der Waals surface area (Å²) in [7, 11) is -3.58. The van der Waals surface area contributed by atoms with Gasteiger partial charge in [-0.15, -0.1) is 0 Å². The largest absolute Gasteiger partial charge is 0.291 e. The van der Waals surface area contributed by atoms with Gasteiger partial charge in [0, 0.05) is 24.7 Å². The van der Waals surface area contributed by atoms with Crippen LogP contribution in [0.2, 0.25) is 0 Å². The van der Waals surface area contributed by atoms with Crippen molar-refractivity contribution >= 4 is 21.7 Å². The van der Waals surface area contributed by atoms with Crippen LogP contribution in [0.5, 0.6) is 0 Å². The molecule has 0 radical (unpaired) electrons. The Morgan fingerprint density at radius 1 is 1.25 bits per heavy atom. The molecular weight excluding hydrogens is 328 g/mol. The van der Waals surface area contributed by atoms with Gasteiger partial charge in [-0.3, -0.25) is 9.69 Å². The summed E-state index contributed by atoms with van der Waals surface area (Å²) in [6.45, 7) is 1.65.